The third-order valence-electron chi connectivity index (χ3n) is 0.897. The Morgan fingerprint density at radius 1 is 1.10 bits per heavy atom. The van der Waals surface area contributed by atoms with Crippen molar-refractivity contribution in [2.75, 3.05) is 0 Å². The standard InChI is InChI=1S/C5H9F4N/c1-4(6,7)2-3-5(8,9)10/h2-3,10H2,1H3. The first kappa shape index (κ1) is 9.68. The third-order valence-corrected chi connectivity index (χ3v) is 0.897. The molecule has 0 fully saturated rings. The van der Waals surface area contributed by atoms with E-state index < -0.39 is 24.8 Å². The van der Waals surface area contributed by atoms with Crippen LogP contribution in [0.2, 0.25) is 0 Å². The molecule has 5 heteroatoms. The molecule has 0 aromatic heterocycles. The molecule has 0 aromatic carbocycles. The second-order valence-corrected chi connectivity index (χ2v) is 2.33. The van der Waals surface area contributed by atoms with Gasteiger partial charge in [-0.2, -0.15) is 8.78 Å². The molecule has 0 aliphatic heterocycles. The highest BCUT2D eigenvalue weighted by atomic mass is 19.3. The van der Waals surface area contributed by atoms with Crippen LogP contribution in [0.1, 0.15) is 19.8 Å². The highest BCUT2D eigenvalue weighted by Crippen LogP contribution is 2.23. The smallest absolute Gasteiger partial charge is 0.272 e. The van der Waals surface area contributed by atoms with E-state index in [1.54, 1.807) is 0 Å². The van der Waals surface area contributed by atoms with E-state index in [1.807, 2.05) is 0 Å². The summed E-state index contributed by atoms with van der Waals surface area (Å²) in [7, 11) is 0. The van der Waals surface area contributed by atoms with Crippen molar-refractivity contribution >= 4 is 0 Å². The first-order valence-electron chi connectivity index (χ1n) is 2.75. The highest BCUT2D eigenvalue weighted by Gasteiger charge is 2.29. The maximum atomic E-state index is 11.9. The number of nitrogens with two attached hydrogens (primary N) is 1. The summed E-state index contributed by atoms with van der Waals surface area (Å²) in [5.41, 5.74) is 4.18. The van der Waals surface area contributed by atoms with Crippen molar-refractivity contribution in [3.63, 3.8) is 0 Å². The van der Waals surface area contributed by atoms with Gasteiger partial charge < -0.3 is 0 Å². The largest absolute Gasteiger partial charge is 0.300 e. The lowest BCUT2D eigenvalue weighted by molar-refractivity contribution is -0.0501. The molecule has 0 saturated heterocycles. The summed E-state index contributed by atoms with van der Waals surface area (Å²) >= 11 is 0. The van der Waals surface area contributed by atoms with Gasteiger partial charge in [-0.3, -0.25) is 5.73 Å². The van der Waals surface area contributed by atoms with Crippen molar-refractivity contribution in [1.29, 1.82) is 0 Å². The Kier molecular flexibility index (Phi) is 2.65. The summed E-state index contributed by atoms with van der Waals surface area (Å²) in [5.74, 6) is -3.05. The first-order chi connectivity index (χ1) is 4.21. The van der Waals surface area contributed by atoms with E-state index in [-0.39, 0.29) is 0 Å². The van der Waals surface area contributed by atoms with Gasteiger partial charge in [0.25, 0.3) is 6.05 Å². The lowest BCUT2D eigenvalue weighted by Gasteiger charge is -2.13. The van der Waals surface area contributed by atoms with Crippen LogP contribution < -0.4 is 5.73 Å². The van der Waals surface area contributed by atoms with Gasteiger partial charge in [-0.05, 0) is 6.92 Å². The van der Waals surface area contributed by atoms with Gasteiger partial charge in [-0.1, -0.05) is 0 Å². The average molecular weight is 159 g/mol. The van der Waals surface area contributed by atoms with Gasteiger partial charge >= 0.3 is 0 Å². The van der Waals surface area contributed by atoms with Gasteiger partial charge in [0, 0.05) is 12.8 Å². The zero-order valence-electron chi connectivity index (χ0n) is 5.50. The van der Waals surface area contributed by atoms with Crippen LogP contribution in [0.4, 0.5) is 17.6 Å². The number of rotatable bonds is 3. The van der Waals surface area contributed by atoms with Gasteiger partial charge in [0.15, 0.2) is 0 Å². The van der Waals surface area contributed by atoms with Crippen molar-refractivity contribution in [2.45, 2.75) is 31.7 Å². The fourth-order valence-corrected chi connectivity index (χ4v) is 0.386. The zero-order chi connectivity index (χ0) is 8.41. The molecule has 0 unspecified atom stereocenters. The molecule has 0 bridgehead atoms. The molecule has 62 valence electrons. The molecule has 10 heavy (non-hydrogen) atoms. The van der Waals surface area contributed by atoms with E-state index in [2.05, 4.69) is 5.73 Å². The fourth-order valence-electron chi connectivity index (χ4n) is 0.386. The average Bonchev–Trinajstić information content (AvgIpc) is 1.57. The lowest BCUT2D eigenvalue weighted by Crippen LogP contribution is -2.30. The Hall–Kier alpha value is -0.320. The van der Waals surface area contributed by atoms with Crippen LogP contribution in [0.3, 0.4) is 0 Å². The van der Waals surface area contributed by atoms with E-state index in [9.17, 15) is 17.6 Å². The summed E-state index contributed by atoms with van der Waals surface area (Å²) in [4.78, 5) is 0. The molecule has 0 rings (SSSR count). The SMILES string of the molecule is CC(F)(F)CCC(N)(F)F. The number of hydrogen-bond donors (Lipinski definition) is 1. The third kappa shape index (κ3) is 7.68. The van der Waals surface area contributed by atoms with Gasteiger partial charge in [-0.25, -0.2) is 8.78 Å². The van der Waals surface area contributed by atoms with E-state index in [4.69, 9.17) is 0 Å². The van der Waals surface area contributed by atoms with E-state index >= 15 is 0 Å². The Labute approximate surface area is 56.2 Å². The lowest BCUT2D eigenvalue weighted by atomic mass is 10.2. The van der Waals surface area contributed by atoms with Crippen molar-refractivity contribution in [2.24, 2.45) is 5.73 Å². The molecule has 0 spiro atoms. The predicted octanol–water partition coefficient (Wildman–Crippen LogP) is 1.97. The minimum Gasteiger partial charge on any atom is -0.272 e. The number of hydrogen-bond acceptors (Lipinski definition) is 1. The van der Waals surface area contributed by atoms with Gasteiger partial charge in [0.2, 0.25) is 5.92 Å². The summed E-state index contributed by atoms with van der Waals surface area (Å²) in [6.07, 6.45) is -1.85. The van der Waals surface area contributed by atoms with Gasteiger partial charge in [0.1, 0.15) is 0 Å². The van der Waals surface area contributed by atoms with Crippen LogP contribution in [0.15, 0.2) is 0 Å². The molecular formula is C5H9F4N. The number of alkyl halides is 4. The molecule has 0 heterocycles. The van der Waals surface area contributed by atoms with Crippen LogP contribution in [0.25, 0.3) is 0 Å². The summed E-state index contributed by atoms with van der Waals surface area (Å²) in [6.45, 7) is 0.582. The number of halogens is 4. The fraction of sp³-hybridized carbons (Fsp3) is 1.00. The van der Waals surface area contributed by atoms with Crippen molar-refractivity contribution in [3.05, 3.63) is 0 Å². The topological polar surface area (TPSA) is 26.0 Å². The molecule has 0 aliphatic rings. The van der Waals surface area contributed by atoms with E-state index in [0.29, 0.717) is 6.92 Å². The Morgan fingerprint density at radius 2 is 1.50 bits per heavy atom. The Morgan fingerprint density at radius 3 is 1.60 bits per heavy atom. The normalized spacial score (nSPS) is 13.8. The molecule has 2 N–H and O–H groups in total. The van der Waals surface area contributed by atoms with Crippen LogP contribution in [0, 0.1) is 0 Å². The maximum Gasteiger partial charge on any atom is 0.300 e. The van der Waals surface area contributed by atoms with Gasteiger partial charge in [0.05, 0.1) is 0 Å². The molecule has 0 atom stereocenters. The van der Waals surface area contributed by atoms with E-state index in [0.717, 1.165) is 0 Å². The quantitative estimate of drug-likeness (QED) is 0.494. The first-order valence-corrected chi connectivity index (χ1v) is 2.75. The molecule has 0 amide bonds. The zero-order valence-corrected chi connectivity index (χ0v) is 5.50. The van der Waals surface area contributed by atoms with Crippen LogP contribution >= 0.6 is 0 Å². The van der Waals surface area contributed by atoms with Crippen LogP contribution in [0.5, 0.6) is 0 Å². The second kappa shape index (κ2) is 2.74. The predicted molar refractivity (Wildman–Crippen MR) is 29.0 cm³/mol. The maximum absolute atomic E-state index is 11.9. The highest BCUT2D eigenvalue weighted by molar-refractivity contribution is 4.64. The summed E-state index contributed by atoms with van der Waals surface area (Å²) in [6, 6.07) is -3.47. The summed E-state index contributed by atoms with van der Waals surface area (Å²) in [5, 5.41) is 0. The Balaban J connectivity index is 3.56. The van der Waals surface area contributed by atoms with Crippen molar-refractivity contribution in [1.82, 2.24) is 0 Å². The van der Waals surface area contributed by atoms with Crippen molar-refractivity contribution in [3.8, 4) is 0 Å². The minimum atomic E-state index is -3.47. The van der Waals surface area contributed by atoms with Gasteiger partial charge in [-0.15, -0.1) is 0 Å². The van der Waals surface area contributed by atoms with Crippen LogP contribution in [-0.2, 0) is 0 Å². The molecule has 0 radical (unpaired) electrons. The van der Waals surface area contributed by atoms with Crippen LogP contribution in [-0.4, -0.2) is 12.0 Å². The second-order valence-electron chi connectivity index (χ2n) is 2.33. The molecular weight excluding hydrogens is 150 g/mol. The van der Waals surface area contributed by atoms with E-state index in [1.165, 1.54) is 0 Å². The molecule has 0 saturated carbocycles. The van der Waals surface area contributed by atoms with Crippen molar-refractivity contribution < 1.29 is 17.6 Å². The summed E-state index contributed by atoms with van der Waals surface area (Å²) < 4.78 is 47.1. The molecule has 1 nitrogen and oxygen atoms in total. The minimum absolute atomic E-state index is 0.582. The monoisotopic (exact) mass is 159 g/mol. The Bertz CT molecular complexity index is 87.2. The molecule has 0 aliphatic carbocycles. The molecule has 0 aromatic rings.